The molecular formula is C8H10Cl2N4O2. The molecule has 1 aromatic heterocycles. The molecule has 0 aliphatic carbocycles. The van der Waals surface area contributed by atoms with Crippen LogP contribution in [0.1, 0.15) is 13.8 Å². The lowest BCUT2D eigenvalue weighted by atomic mass is 10.4. The van der Waals surface area contributed by atoms with Crippen LogP contribution in [0.15, 0.2) is 6.20 Å². The summed E-state index contributed by atoms with van der Waals surface area (Å²) in [4.78, 5) is 11.6. The molecular weight excluding hydrogens is 255 g/mol. The van der Waals surface area contributed by atoms with Crippen molar-refractivity contribution < 1.29 is 9.64 Å². The first-order chi connectivity index (χ1) is 7.40. The maximum absolute atomic E-state index is 11.3. The van der Waals surface area contributed by atoms with Gasteiger partial charge in [0.15, 0.2) is 0 Å². The first-order valence-electron chi connectivity index (χ1n) is 4.43. The van der Waals surface area contributed by atoms with Gasteiger partial charge in [-0.1, -0.05) is 28.0 Å². The zero-order valence-electron chi connectivity index (χ0n) is 8.62. The van der Waals surface area contributed by atoms with Gasteiger partial charge in [0.05, 0.1) is 0 Å². The second-order valence-electron chi connectivity index (χ2n) is 3.30. The van der Waals surface area contributed by atoms with Crippen LogP contribution in [0, 0.1) is 5.21 Å². The molecule has 0 fully saturated rings. The molecule has 16 heavy (non-hydrogen) atoms. The Hall–Kier alpha value is -1.27. The Kier molecular flexibility index (Phi) is 4.14. The van der Waals surface area contributed by atoms with Crippen molar-refractivity contribution in [2.75, 3.05) is 5.32 Å². The molecule has 2 amide bonds. The first-order valence-corrected chi connectivity index (χ1v) is 5.18. The van der Waals surface area contributed by atoms with Gasteiger partial charge in [0.25, 0.3) is 0 Å². The Morgan fingerprint density at radius 3 is 2.75 bits per heavy atom. The van der Waals surface area contributed by atoms with E-state index in [0.29, 0.717) is 0 Å². The maximum atomic E-state index is 11.3. The lowest BCUT2D eigenvalue weighted by molar-refractivity contribution is -0.668. The van der Waals surface area contributed by atoms with Crippen molar-refractivity contribution in [1.82, 2.24) is 10.4 Å². The molecule has 1 heterocycles. The summed E-state index contributed by atoms with van der Waals surface area (Å²) in [6.45, 7) is 3.60. The Morgan fingerprint density at radius 1 is 1.56 bits per heavy atom. The van der Waals surface area contributed by atoms with E-state index in [1.807, 2.05) is 0 Å². The number of nitrogens with one attached hydrogen (secondary N) is 2. The van der Waals surface area contributed by atoms with E-state index in [9.17, 15) is 10.0 Å². The van der Waals surface area contributed by atoms with Crippen LogP contribution >= 0.6 is 23.2 Å². The molecule has 88 valence electrons. The molecule has 0 atom stereocenters. The fourth-order valence-electron chi connectivity index (χ4n) is 0.945. The third kappa shape index (κ3) is 3.39. The smallest absolute Gasteiger partial charge is 0.319 e. The topological polar surface area (TPSA) is 81.0 Å². The van der Waals surface area contributed by atoms with Crippen LogP contribution in [-0.4, -0.2) is 17.2 Å². The monoisotopic (exact) mass is 264 g/mol. The number of aromatic nitrogens is 2. The van der Waals surface area contributed by atoms with E-state index in [0.717, 1.165) is 6.20 Å². The lowest BCUT2D eigenvalue weighted by Gasteiger charge is -2.10. The summed E-state index contributed by atoms with van der Waals surface area (Å²) in [7, 11) is 0. The number of carbonyl (C=O) groups excluding carboxylic acids is 1. The molecule has 0 aliphatic rings. The van der Waals surface area contributed by atoms with Gasteiger partial charge in [0.2, 0.25) is 11.3 Å². The van der Waals surface area contributed by atoms with E-state index < -0.39 is 6.03 Å². The van der Waals surface area contributed by atoms with Crippen LogP contribution in [-0.2, 0) is 0 Å². The van der Waals surface area contributed by atoms with Crippen LogP contribution < -0.4 is 15.5 Å². The summed E-state index contributed by atoms with van der Waals surface area (Å²) < 4.78 is 0. The zero-order chi connectivity index (χ0) is 12.3. The predicted octanol–water partition coefficient (Wildman–Crippen LogP) is 1.55. The van der Waals surface area contributed by atoms with Gasteiger partial charge in [0, 0.05) is 11.1 Å². The third-order valence-corrected chi connectivity index (χ3v) is 2.26. The molecule has 1 aromatic rings. The largest absolute Gasteiger partial charge is 0.594 e. The predicted molar refractivity (Wildman–Crippen MR) is 60.5 cm³/mol. The zero-order valence-corrected chi connectivity index (χ0v) is 10.1. The molecule has 1 rings (SSSR count). The van der Waals surface area contributed by atoms with Gasteiger partial charge in [0.1, 0.15) is 10.7 Å². The number of hydrogen-bond donors (Lipinski definition) is 2. The Bertz CT molecular complexity index is 411. The Morgan fingerprint density at radius 2 is 2.19 bits per heavy atom. The fraction of sp³-hybridized carbons (Fsp3) is 0.375. The minimum Gasteiger partial charge on any atom is -0.594 e. The molecule has 0 bridgehead atoms. The number of rotatable bonds is 2. The van der Waals surface area contributed by atoms with E-state index >= 15 is 0 Å². The van der Waals surface area contributed by atoms with Crippen molar-refractivity contribution in [1.29, 1.82) is 0 Å². The second-order valence-corrected chi connectivity index (χ2v) is 4.04. The normalized spacial score (nSPS) is 10.3. The van der Waals surface area contributed by atoms with Gasteiger partial charge in [-0.25, -0.2) is 4.79 Å². The van der Waals surface area contributed by atoms with Gasteiger partial charge in [-0.15, -0.1) is 0 Å². The number of hydrogen-bond acceptors (Lipinski definition) is 3. The van der Waals surface area contributed by atoms with Crippen LogP contribution in [0.3, 0.4) is 0 Å². The molecule has 8 heteroatoms. The Balaban J connectivity index is 2.85. The summed E-state index contributed by atoms with van der Waals surface area (Å²) >= 11 is 11.3. The highest BCUT2D eigenvalue weighted by molar-refractivity contribution is 6.43. The highest BCUT2D eigenvalue weighted by Gasteiger charge is 2.15. The minimum absolute atomic E-state index is 0.0210. The summed E-state index contributed by atoms with van der Waals surface area (Å²) in [5.41, 5.74) is 0.106. The first kappa shape index (κ1) is 12.8. The van der Waals surface area contributed by atoms with E-state index in [-0.39, 0.29) is 26.8 Å². The Labute approximate surface area is 102 Å². The van der Waals surface area contributed by atoms with E-state index in [4.69, 9.17) is 23.2 Å². The molecule has 2 N–H and O–H groups in total. The van der Waals surface area contributed by atoms with E-state index in [1.54, 1.807) is 13.8 Å². The van der Waals surface area contributed by atoms with Crippen molar-refractivity contribution in [3.63, 3.8) is 0 Å². The van der Waals surface area contributed by atoms with Crippen LogP contribution in [0.2, 0.25) is 10.2 Å². The SMILES string of the molecule is CC(C)NC(=O)Nc1c[n+]([O-])nc(Cl)c1Cl. The van der Waals surface area contributed by atoms with Gasteiger partial charge in [-0.3, -0.25) is 0 Å². The van der Waals surface area contributed by atoms with Crippen molar-refractivity contribution in [2.45, 2.75) is 19.9 Å². The number of amides is 2. The van der Waals surface area contributed by atoms with Gasteiger partial charge < -0.3 is 15.8 Å². The highest BCUT2D eigenvalue weighted by atomic mass is 35.5. The second kappa shape index (κ2) is 5.18. The quantitative estimate of drug-likeness (QED) is 0.628. The van der Waals surface area contributed by atoms with E-state index in [1.165, 1.54) is 0 Å². The number of urea groups is 1. The number of anilines is 1. The van der Waals surface area contributed by atoms with Gasteiger partial charge in [-0.05, 0) is 13.8 Å². The van der Waals surface area contributed by atoms with Gasteiger partial charge >= 0.3 is 6.03 Å². The summed E-state index contributed by atoms with van der Waals surface area (Å²) in [5.74, 6) is 0. The third-order valence-electron chi connectivity index (χ3n) is 1.51. The molecule has 0 unspecified atom stereocenters. The summed E-state index contributed by atoms with van der Waals surface area (Å²) in [6, 6.07) is -0.505. The van der Waals surface area contributed by atoms with Crippen molar-refractivity contribution in [3.05, 3.63) is 21.6 Å². The summed E-state index contributed by atoms with van der Waals surface area (Å²) in [5, 5.41) is 19.1. The number of carbonyl (C=O) groups is 1. The molecule has 0 aliphatic heterocycles. The van der Waals surface area contributed by atoms with Crippen molar-refractivity contribution >= 4 is 34.9 Å². The van der Waals surface area contributed by atoms with Crippen LogP contribution in [0.5, 0.6) is 0 Å². The molecule has 0 spiro atoms. The highest BCUT2D eigenvalue weighted by Crippen LogP contribution is 2.25. The lowest BCUT2D eigenvalue weighted by Crippen LogP contribution is -2.36. The number of halogens is 2. The minimum atomic E-state index is -0.473. The van der Waals surface area contributed by atoms with Crippen LogP contribution in [0.4, 0.5) is 10.5 Å². The standard InChI is InChI=1S/C8H10Cl2N4O2/c1-4(2)11-8(15)12-5-3-14(16)13-7(10)6(5)9/h3-4H,1-2H3,(H2,11,12,15). The average molecular weight is 265 g/mol. The van der Waals surface area contributed by atoms with Crippen LogP contribution in [0.25, 0.3) is 0 Å². The molecule has 0 saturated carbocycles. The molecule has 0 radical (unpaired) electrons. The van der Waals surface area contributed by atoms with Gasteiger partial charge in [-0.2, -0.15) is 0 Å². The summed E-state index contributed by atoms with van der Waals surface area (Å²) in [6.07, 6.45) is 1.02. The molecule has 0 saturated heterocycles. The van der Waals surface area contributed by atoms with Crippen molar-refractivity contribution in [2.24, 2.45) is 0 Å². The fourth-order valence-corrected chi connectivity index (χ4v) is 1.26. The molecule has 0 aromatic carbocycles. The maximum Gasteiger partial charge on any atom is 0.319 e. The van der Waals surface area contributed by atoms with E-state index in [2.05, 4.69) is 15.7 Å². The average Bonchev–Trinajstić information content (AvgIpc) is 2.11. The van der Waals surface area contributed by atoms with Crippen molar-refractivity contribution in [3.8, 4) is 0 Å². The molecule has 6 nitrogen and oxygen atoms in total. The number of nitrogens with zero attached hydrogens (tertiary/aromatic N) is 2.